The Labute approximate surface area is 184 Å². The third-order valence-corrected chi connectivity index (χ3v) is 4.64. The number of hydrogen-bond acceptors (Lipinski definition) is 4. The Morgan fingerprint density at radius 1 is 1.00 bits per heavy atom. The maximum Gasteiger partial charge on any atom is 0.331 e. The fraction of sp³-hybridized carbons (Fsp3) is 0.308. The molecule has 2 aromatic rings. The second kappa shape index (κ2) is 11.7. The Balaban J connectivity index is 1.93. The van der Waals surface area contributed by atoms with Gasteiger partial charge in [0, 0.05) is 11.8 Å². The summed E-state index contributed by atoms with van der Waals surface area (Å²) in [5, 5.41) is 2.93. The summed E-state index contributed by atoms with van der Waals surface area (Å²) in [5.74, 6) is 0.295. The first kappa shape index (κ1) is 23.9. The maximum absolute atomic E-state index is 12.4. The average Bonchev–Trinajstić information content (AvgIpc) is 2.75. The molecule has 0 atom stereocenters. The van der Waals surface area contributed by atoms with Gasteiger partial charge >= 0.3 is 5.97 Å². The van der Waals surface area contributed by atoms with Gasteiger partial charge in [0.2, 0.25) is 0 Å². The molecule has 0 aliphatic carbocycles. The van der Waals surface area contributed by atoms with E-state index in [-0.39, 0.29) is 24.3 Å². The molecule has 0 unspecified atom stereocenters. The number of rotatable bonds is 10. The van der Waals surface area contributed by atoms with E-state index in [1.54, 1.807) is 24.3 Å². The molecule has 2 aromatic carbocycles. The molecule has 0 fully saturated rings. The number of esters is 1. The average molecular weight is 422 g/mol. The molecule has 0 radical (unpaired) electrons. The van der Waals surface area contributed by atoms with Crippen molar-refractivity contribution in [2.45, 2.75) is 39.5 Å². The van der Waals surface area contributed by atoms with Gasteiger partial charge in [-0.25, -0.2) is 4.79 Å². The Morgan fingerprint density at radius 2 is 1.61 bits per heavy atom. The number of hydrogen-bond donors (Lipinski definition) is 1. The zero-order valence-electron chi connectivity index (χ0n) is 18.7. The van der Waals surface area contributed by atoms with E-state index in [2.05, 4.69) is 39.6 Å². The number of carbonyl (C=O) groups excluding carboxylic acids is 2. The molecule has 1 N–H and O–H groups in total. The molecule has 0 spiro atoms. The lowest BCUT2D eigenvalue weighted by Crippen LogP contribution is -2.22. The monoisotopic (exact) mass is 421 g/mol. The molecule has 5 nitrogen and oxygen atoms in total. The molecule has 5 heteroatoms. The highest BCUT2D eigenvalue weighted by molar-refractivity contribution is 5.96. The Morgan fingerprint density at radius 3 is 2.16 bits per heavy atom. The minimum Gasteiger partial charge on any atom is -0.490 e. The molecule has 0 aromatic heterocycles. The van der Waals surface area contributed by atoms with Crippen LogP contribution in [0.5, 0.6) is 5.75 Å². The standard InChI is InChI=1S/C26H31NO4/c1-6-16-30-21-13-10-20(11-14-21)12-15-25(29)31-17-24(28)27-26-22(18(2)3)8-7-9-23(26)19(4)5/h6-15,18-19H,1,16-17H2,2-5H3,(H,27,28)/b15-12+. The van der Waals surface area contributed by atoms with E-state index < -0.39 is 5.97 Å². The molecule has 2 rings (SSSR count). The molecule has 0 bridgehead atoms. The SMILES string of the molecule is C=CCOc1ccc(/C=C/C(=O)OCC(=O)Nc2c(C(C)C)cccc2C(C)C)cc1. The minimum atomic E-state index is -0.580. The summed E-state index contributed by atoms with van der Waals surface area (Å²) >= 11 is 0. The van der Waals surface area contributed by atoms with Gasteiger partial charge in [-0.3, -0.25) is 4.79 Å². The molecule has 164 valence electrons. The molecule has 0 aliphatic heterocycles. The Bertz CT molecular complexity index is 901. The van der Waals surface area contributed by atoms with Crippen LogP contribution in [0.2, 0.25) is 0 Å². The van der Waals surface area contributed by atoms with E-state index in [9.17, 15) is 9.59 Å². The number of amides is 1. The quantitative estimate of drug-likeness (QED) is 0.304. The first-order valence-electron chi connectivity index (χ1n) is 10.4. The van der Waals surface area contributed by atoms with Crippen LogP contribution >= 0.6 is 0 Å². The summed E-state index contributed by atoms with van der Waals surface area (Å²) in [5.41, 5.74) is 3.75. The summed E-state index contributed by atoms with van der Waals surface area (Å²) in [6.45, 7) is 12.0. The van der Waals surface area contributed by atoms with Gasteiger partial charge in [0.15, 0.2) is 6.61 Å². The van der Waals surface area contributed by atoms with Crippen molar-refractivity contribution in [1.82, 2.24) is 0 Å². The van der Waals surface area contributed by atoms with Crippen molar-refractivity contribution < 1.29 is 19.1 Å². The zero-order chi connectivity index (χ0) is 22.8. The minimum absolute atomic E-state index is 0.257. The number of ether oxygens (including phenoxy) is 2. The summed E-state index contributed by atoms with van der Waals surface area (Å²) < 4.78 is 10.5. The van der Waals surface area contributed by atoms with Crippen LogP contribution in [0.15, 0.2) is 61.2 Å². The van der Waals surface area contributed by atoms with E-state index in [0.717, 1.165) is 28.1 Å². The van der Waals surface area contributed by atoms with Crippen molar-refractivity contribution >= 4 is 23.6 Å². The van der Waals surface area contributed by atoms with Gasteiger partial charge in [-0.15, -0.1) is 0 Å². The molecular formula is C26H31NO4. The van der Waals surface area contributed by atoms with Gasteiger partial charge < -0.3 is 14.8 Å². The largest absolute Gasteiger partial charge is 0.490 e. The van der Waals surface area contributed by atoms with Gasteiger partial charge in [-0.05, 0) is 46.7 Å². The van der Waals surface area contributed by atoms with Gasteiger partial charge in [0.1, 0.15) is 12.4 Å². The van der Waals surface area contributed by atoms with Gasteiger partial charge in [0.05, 0.1) is 0 Å². The second-order valence-corrected chi connectivity index (χ2v) is 7.78. The molecule has 0 heterocycles. The smallest absolute Gasteiger partial charge is 0.331 e. The summed E-state index contributed by atoms with van der Waals surface area (Å²) in [6.07, 6.45) is 4.60. The lowest BCUT2D eigenvalue weighted by atomic mass is 9.92. The number of benzene rings is 2. The van der Waals surface area contributed by atoms with E-state index >= 15 is 0 Å². The maximum atomic E-state index is 12.4. The molecule has 0 aliphatic rings. The Kier molecular flexibility index (Phi) is 9.07. The lowest BCUT2D eigenvalue weighted by molar-refractivity contribution is -0.142. The van der Waals surface area contributed by atoms with Crippen LogP contribution in [0, 0.1) is 0 Å². The molecule has 0 saturated heterocycles. The second-order valence-electron chi connectivity index (χ2n) is 7.78. The molecule has 31 heavy (non-hydrogen) atoms. The number of para-hydroxylation sites is 1. The van der Waals surface area contributed by atoms with Crippen molar-refractivity contribution in [2.24, 2.45) is 0 Å². The predicted molar refractivity (Wildman–Crippen MR) is 125 cm³/mol. The third-order valence-electron chi connectivity index (χ3n) is 4.64. The van der Waals surface area contributed by atoms with Crippen LogP contribution in [0.3, 0.4) is 0 Å². The fourth-order valence-electron chi connectivity index (χ4n) is 3.05. The number of carbonyl (C=O) groups is 2. The zero-order valence-corrected chi connectivity index (χ0v) is 18.7. The first-order valence-corrected chi connectivity index (χ1v) is 10.4. The highest BCUT2D eigenvalue weighted by Gasteiger charge is 2.16. The van der Waals surface area contributed by atoms with Crippen LogP contribution in [0.25, 0.3) is 6.08 Å². The summed E-state index contributed by atoms with van der Waals surface area (Å²) in [7, 11) is 0. The highest BCUT2D eigenvalue weighted by Crippen LogP contribution is 2.32. The van der Waals surface area contributed by atoms with Gasteiger partial charge in [-0.2, -0.15) is 0 Å². The van der Waals surface area contributed by atoms with E-state index in [0.29, 0.717) is 6.61 Å². The first-order chi connectivity index (χ1) is 14.8. The van der Waals surface area contributed by atoms with Crippen LogP contribution in [-0.2, 0) is 14.3 Å². The number of anilines is 1. The third kappa shape index (κ3) is 7.45. The van der Waals surface area contributed by atoms with Crippen molar-refractivity contribution in [1.29, 1.82) is 0 Å². The van der Waals surface area contributed by atoms with E-state index in [1.165, 1.54) is 6.08 Å². The molecular weight excluding hydrogens is 390 g/mol. The van der Waals surface area contributed by atoms with Crippen molar-refractivity contribution in [2.75, 3.05) is 18.5 Å². The summed E-state index contributed by atoms with van der Waals surface area (Å²) in [4.78, 5) is 24.4. The Hall–Kier alpha value is -3.34. The molecule has 1 amide bonds. The van der Waals surface area contributed by atoms with Crippen LogP contribution in [0.1, 0.15) is 56.2 Å². The van der Waals surface area contributed by atoms with Crippen LogP contribution < -0.4 is 10.1 Å². The molecule has 0 saturated carbocycles. The topological polar surface area (TPSA) is 64.6 Å². The summed E-state index contributed by atoms with van der Waals surface area (Å²) in [6, 6.07) is 13.3. The van der Waals surface area contributed by atoms with Crippen LogP contribution in [0.4, 0.5) is 5.69 Å². The number of nitrogens with one attached hydrogen (secondary N) is 1. The lowest BCUT2D eigenvalue weighted by Gasteiger charge is -2.20. The highest BCUT2D eigenvalue weighted by atomic mass is 16.5. The van der Waals surface area contributed by atoms with Gasteiger partial charge in [0.25, 0.3) is 5.91 Å². The fourth-order valence-corrected chi connectivity index (χ4v) is 3.05. The van der Waals surface area contributed by atoms with Crippen LogP contribution in [-0.4, -0.2) is 25.1 Å². The van der Waals surface area contributed by atoms with E-state index in [4.69, 9.17) is 9.47 Å². The predicted octanol–water partition coefficient (Wildman–Crippen LogP) is 5.69. The van der Waals surface area contributed by atoms with Gasteiger partial charge in [-0.1, -0.05) is 70.7 Å². The van der Waals surface area contributed by atoms with Crippen molar-refractivity contribution in [3.63, 3.8) is 0 Å². The van der Waals surface area contributed by atoms with E-state index in [1.807, 2.05) is 30.3 Å². The van der Waals surface area contributed by atoms with Crippen molar-refractivity contribution in [3.05, 3.63) is 77.9 Å². The van der Waals surface area contributed by atoms with Crippen molar-refractivity contribution in [3.8, 4) is 5.75 Å². The normalized spacial score (nSPS) is 11.0.